The van der Waals surface area contributed by atoms with Crippen molar-refractivity contribution in [3.05, 3.63) is 72.3 Å². The largest absolute Gasteiger partial charge is 0.484 e. The monoisotopic (exact) mass is 335 g/mol. The van der Waals surface area contributed by atoms with Crippen molar-refractivity contribution < 1.29 is 14.3 Å². The fourth-order valence-electron chi connectivity index (χ4n) is 2.01. The quantitative estimate of drug-likeness (QED) is 0.761. The molecule has 0 saturated carbocycles. The van der Waals surface area contributed by atoms with Crippen molar-refractivity contribution in [2.75, 3.05) is 18.5 Å². The smallest absolute Gasteiger partial charge is 0.262 e. The minimum atomic E-state index is -0.395. The van der Waals surface area contributed by atoms with Crippen molar-refractivity contribution in [1.29, 1.82) is 5.26 Å². The summed E-state index contributed by atoms with van der Waals surface area (Å²) >= 11 is 0. The van der Waals surface area contributed by atoms with Gasteiger partial charge in [-0.15, -0.1) is 6.58 Å². The average molecular weight is 335 g/mol. The van der Waals surface area contributed by atoms with Crippen molar-refractivity contribution in [3.8, 4) is 11.8 Å². The van der Waals surface area contributed by atoms with Gasteiger partial charge in [0.25, 0.3) is 11.8 Å². The lowest BCUT2D eigenvalue weighted by molar-refractivity contribution is -0.118. The van der Waals surface area contributed by atoms with Gasteiger partial charge in [-0.05, 0) is 36.4 Å². The van der Waals surface area contributed by atoms with Gasteiger partial charge in [0, 0.05) is 6.54 Å². The van der Waals surface area contributed by atoms with Crippen molar-refractivity contribution >= 4 is 17.5 Å². The normalized spacial score (nSPS) is 9.56. The molecule has 126 valence electrons. The molecule has 6 heteroatoms. The molecule has 0 fully saturated rings. The van der Waals surface area contributed by atoms with E-state index < -0.39 is 5.91 Å². The van der Waals surface area contributed by atoms with Crippen molar-refractivity contribution in [2.24, 2.45) is 0 Å². The van der Waals surface area contributed by atoms with E-state index in [0.717, 1.165) is 0 Å². The number of carbonyl (C=O) groups excluding carboxylic acids is 2. The number of benzene rings is 2. The highest BCUT2D eigenvalue weighted by Gasteiger charge is 2.12. The van der Waals surface area contributed by atoms with Gasteiger partial charge in [0.1, 0.15) is 5.75 Å². The standard InChI is InChI=1S/C19H17N3O3/c1-2-11-21-19(24)16-5-3-4-6-17(16)22-18(23)13-25-15-9-7-14(12-20)8-10-15/h2-10H,1,11,13H2,(H,21,24)(H,22,23). The molecule has 0 heterocycles. The summed E-state index contributed by atoms with van der Waals surface area (Å²) in [6.07, 6.45) is 1.57. The molecule has 0 spiro atoms. The molecule has 0 atom stereocenters. The summed E-state index contributed by atoms with van der Waals surface area (Å²) in [5.74, 6) is -0.219. The van der Waals surface area contributed by atoms with E-state index in [1.807, 2.05) is 6.07 Å². The molecule has 0 radical (unpaired) electrons. The third-order valence-corrected chi connectivity index (χ3v) is 3.21. The molecular formula is C19H17N3O3. The minimum absolute atomic E-state index is 0.214. The van der Waals surface area contributed by atoms with Gasteiger partial charge >= 0.3 is 0 Å². The Morgan fingerprint density at radius 1 is 1.16 bits per heavy atom. The predicted octanol–water partition coefficient (Wildman–Crippen LogP) is 2.49. The maximum atomic E-state index is 12.1. The van der Waals surface area contributed by atoms with E-state index in [1.165, 1.54) is 0 Å². The van der Waals surface area contributed by atoms with Crippen LogP contribution in [0.5, 0.6) is 5.75 Å². The Hall–Kier alpha value is -3.59. The molecule has 2 rings (SSSR count). The number of amides is 2. The first-order valence-corrected chi connectivity index (χ1v) is 7.55. The van der Waals surface area contributed by atoms with E-state index in [4.69, 9.17) is 10.00 Å². The van der Waals surface area contributed by atoms with E-state index in [9.17, 15) is 9.59 Å². The second-order valence-corrected chi connectivity index (χ2v) is 5.02. The molecule has 0 aliphatic carbocycles. The van der Waals surface area contributed by atoms with Crippen LogP contribution in [-0.4, -0.2) is 25.0 Å². The summed E-state index contributed by atoms with van der Waals surface area (Å²) in [7, 11) is 0. The Morgan fingerprint density at radius 2 is 1.88 bits per heavy atom. The summed E-state index contributed by atoms with van der Waals surface area (Å²) in [5.41, 5.74) is 1.27. The maximum absolute atomic E-state index is 12.1. The van der Waals surface area contributed by atoms with Gasteiger partial charge in [-0.25, -0.2) is 0 Å². The number of para-hydroxylation sites is 1. The molecule has 0 unspecified atom stereocenters. The highest BCUT2D eigenvalue weighted by molar-refractivity contribution is 6.04. The number of nitriles is 1. The number of rotatable bonds is 7. The van der Waals surface area contributed by atoms with Gasteiger partial charge in [-0.1, -0.05) is 18.2 Å². The van der Waals surface area contributed by atoms with Crippen molar-refractivity contribution in [1.82, 2.24) is 5.32 Å². The SMILES string of the molecule is C=CCNC(=O)c1ccccc1NC(=O)COc1ccc(C#N)cc1. The zero-order valence-corrected chi connectivity index (χ0v) is 13.5. The lowest BCUT2D eigenvalue weighted by Gasteiger charge is -2.11. The van der Waals surface area contributed by atoms with Crippen LogP contribution in [0.15, 0.2) is 61.2 Å². The molecule has 6 nitrogen and oxygen atoms in total. The van der Waals surface area contributed by atoms with Crippen LogP contribution in [-0.2, 0) is 4.79 Å². The average Bonchev–Trinajstić information content (AvgIpc) is 2.65. The van der Waals surface area contributed by atoms with Crippen LogP contribution in [0.4, 0.5) is 5.69 Å². The number of hydrogen-bond donors (Lipinski definition) is 2. The molecule has 25 heavy (non-hydrogen) atoms. The molecule has 2 aromatic carbocycles. The van der Waals surface area contributed by atoms with Crippen LogP contribution >= 0.6 is 0 Å². The maximum Gasteiger partial charge on any atom is 0.262 e. The van der Waals surface area contributed by atoms with E-state index in [2.05, 4.69) is 17.2 Å². The third kappa shape index (κ3) is 5.22. The summed E-state index contributed by atoms with van der Waals surface area (Å²) in [6.45, 7) is 3.66. The minimum Gasteiger partial charge on any atom is -0.484 e. The van der Waals surface area contributed by atoms with E-state index in [1.54, 1.807) is 54.6 Å². The third-order valence-electron chi connectivity index (χ3n) is 3.21. The van der Waals surface area contributed by atoms with Crippen LogP contribution in [0.1, 0.15) is 15.9 Å². The Balaban J connectivity index is 1.97. The number of hydrogen-bond acceptors (Lipinski definition) is 4. The van der Waals surface area contributed by atoms with Gasteiger partial charge in [0.2, 0.25) is 0 Å². The van der Waals surface area contributed by atoms with Crippen LogP contribution in [0.2, 0.25) is 0 Å². The Bertz CT molecular complexity index is 807. The first-order valence-electron chi connectivity index (χ1n) is 7.55. The van der Waals surface area contributed by atoms with E-state index in [0.29, 0.717) is 29.1 Å². The Morgan fingerprint density at radius 3 is 2.56 bits per heavy atom. The molecule has 0 bridgehead atoms. The zero-order valence-electron chi connectivity index (χ0n) is 13.5. The van der Waals surface area contributed by atoms with Crippen LogP contribution < -0.4 is 15.4 Å². The summed E-state index contributed by atoms with van der Waals surface area (Å²) in [6, 6.07) is 15.1. The number of nitrogens with one attached hydrogen (secondary N) is 2. The molecule has 2 amide bonds. The van der Waals surface area contributed by atoms with Crippen LogP contribution in [0.3, 0.4) is 0 Å². The second kappa shape index (κ2) is 8.89. The Kier molecular flexibility index (Phi) is 6.32. The van der Waals surface area contributed by atoms with Gasteiger partial charge in [-0.2, -0.15) is 5.26 Å². The van der Waals surface area contributed by atoms with Crippen LogP contribution in [0, 0.1) is 11.3 Å². The number of carbonyl (C=O) groups is 2. The number of ether oxygens (including phenoxy) is 1. The highest BCUT2D eigenvalue weighted by Crippen LogP contribution is 2.15. The summed E-state index contributed by atoms with van der Waals surface area (Å²) in [4.78, 5) is 24.1. The molecule has 2 aromatic rings. The van der Waals surface area contributed by atoms with Crippen LogP contribution in [0.25, 0.3) is 0 Å². The first-order chi connectivity index (χ1) is 12.1. The number of anilines is 1. The first kappa shape index (κ1) is 17.8. The molecule has 2 N–H and O–H groups in total. The van der Waals surface area contributed by atoms with Gasteiger partial charge < -0.3 is 15.4 Å². The summed E-state index contributed by atoms with van der Waals surface area (Å²) < 4.78 is 5.37. The van der Waals surface area contributed by atoms with E-state index in [-0.39, 0.29) is 12.5 Å². The summed E-state index contributed by atoms with van der Waals surface area (Å²) in [5, 5.41) is 14.1. The molecule has 0 aliphatic heterocycles. The van der Waals surface area contributed by atoms with Crippen molar-refractivity contribution in [3.63, 3.8) is 0 Å². The molecule has 0 aromatic heterocycles. The lowest BCUT2D eigenvalue weighted by Crippen LogP contribution is -2.26. The second-order valence-electron chi connectivity index (χ2n) is 5.02. The fourth-order valence-corrected chi connectivity index (χ4v) is 2.01. The van der Waals surface area contributed by atoms with Crippen molar-refractivity contribution in [2.45, 2.75) is 0 Å². The Labute approximate surface area is 145 Å². The molecule has 0 saturated heterocycles. The number of nitrogens with zero attached hydrogens (tertiary/aromatic N) is 1. The predicted molar refractivity (Wildman–Crippen MR) is 94.3 cm³/mol. The zero-order chi connectivity index (χ0) is 18.1. The fraction of sp³-hybridized carbons (Fsp3) is 0.105. The van der Waals surface area contributed by atoms with Gasteiger partial charge in [-0.3, -0.25) is 9.59 Å². The molecule has 0 aliphatic rings. The lowest BCUT2D eigenvalue weighted by atomic mass is 10.1. The van der Waals surface area contributed by atoms with Gasteiger partial charge in [0.15, 0.2) is 6.61 Å². The topological polar surface area (TPSA) is 91.2 Å². The highest BCUT2D eigenvalue weighted by atomic mass is 16.5. The van der Waals surface area contributed by atoms with Gasteiger partial charge in [0.05, 0.1) is 22.9 Å². The van der Waals surface area contributed by atoms with E-state index >= 15 is 0 Å². The molecular weight excluding hydrogens is 318 g/mol.